The maximum atomic E-state index is 8.96. The molecule has 0 bridgehead atoms. The summed E-state index contributed by atoms with van der Waals surface area (Å²) in [4.78, 5) is 1.14. The minimum absolute atomic E-state index is 0.234. The van der Waals surface area contributed by atoms with Gasteiger partial charge in [0.1, 0.15) is 0 Å². The number of aliphatic hydroxyl groups excluding tert-OH is 1. The highest BCUT2D eigenvalue weighted by Gasteiger charge is 2.08. The first-order valence-electron chi connectivity index (χ1n) is 2.81. The molecule has 0 amide bonds. The van der Waals surface area contributed by atoms with Gasteiger partial charge in [0.25, 0.3) is 0 Å². The van der Waals surface area contributed by atoms with Crippen LogP contribution in [-0.4, -0.2) is 17.0 Å². The molecule has 0 unspecified atom stereocenters. The molecule has 1 aliphatic heterocycles. The van der Waals surface area contributed by atoms with Crippen molar-refractivity contribution < 1.29 is 5.11 Å². The fourth-order valence-electron chi connectivity index (χ4n) is 0.728. The highest BCUT2D eigenvalue weighted by Crippen LogP contribution is 2.26. The van der Waals surface area contributed by atoms with Crippen LogP contribution in [0, 0.1) is 0 Å². The smallest absolute Gasteiger partial charge is 0.0817 e. The predicted molar refractivity (Wildman–Crippen MR) is 36.8 cm³/mol. The van der Waals surface area contributed by atoms with E-state index >= 15 is 0 Å². The third-order valence-electron chi connectivity index (χ3n) is 1.14. The zero-order valence-electron chi connectivity index (χ0n) is 4.92. The Bertz CT molecular complexity index is 107. The van der Waals surface area contributed by atoms with Crippen molar-refractivity contribution >= 4 is 11.8 Å². The van der Waals surface area contributed by atoms with Gasteiger partial charge in [-0.05, 0) is 13.3 Å². The van der Waals surface area contributed by atoms with Gasteiger partial charge < -0.3 is 5.11 Å². The Kier molecular flexibility index (Phi) is 1.97. The number of thioether (sulfide) groups is 1. The van der Waals surface area contributed by atoms with Crippen LogP contribution in [-0.2, 0) is 0 Å². The Morgan fingerprint density at radius 2 is 2.62 bits per heavy atom. The van der Waals surface area contributed by atoms with Gasteiger partial charge in [-0.2, -0.15) is 0 Å². The molecule has 2 heteroatoms. The zero-order chi connectivity index (χ0) is 5.98. The van der Waals surface area contributed by atoms with Gasteiger partial charge in [0.05, 0.1) is 6.10 Å². The molecule has 0 aromatic rings. The fraction of sp³-hybridized carbons (Fsp3) is 0.667. The SMILES string of the molecule is C[C@H](O)C1=CCCS1. The lowest BCUT2D eigenvalue weighted by molar-refractivity contribution is 0.240. The van der Waals surface area contributed by atoms with Crippen molar-refractivity contribution in [3.63, 3.8) is 0 Å². The molecule has 0 radical (unpaired) electrons. The minimum atomic E-state index is -0.234. The molecule has 1 rings (SSSR count). The summed E-state index contributed by atoms with van der Waals surface area (Å²) >= 11 is 1.76. The van der Waals surface area contributed by atoms with Crippen LogP contribution in [0.5, 0.6) is 0 Å². The standard InChI is InChI=1S/C6H10OS/c1-5(7)6-3-2-4-8-6/h3,5,7H,2,4H2,1H3/t5-/m0/s1. The van der Waals surface area contributed by atoms with Gasteiger partial charge in [-0.25, -0.2) is 0 Å². The molecular formula is C6H10OS. The molecule has 46 valence electrons. The molecule has 1 N–H and O–H groups in total. The van der Waals surface area contributed by atoms with Crippen molar-refractivity contribution in [3.05, 3.63) is 11.0 Å². The van der Waals surface area contributed by atoms with Gasteiger partial charge in [-0.3, -0.25) is 0 Å². The quantitative estimate of drug-likeness (QED) is 0.578. The van der Waals surface area contributed by atoms with Crippen LogP contribution in [0.2, 0.25) is 0 Å². The fourth-order valence-corrected chi connectivity index (χ4v) is 1.68. The number of rotatable bonds is 1. The maximum Gasteiger partial charge on any atom is 0.0817 e. The van der Waals surface area contributed by atoms with Crippen LogP contribution in [0.15, 0.2) is 11.0 Å². The van der Waals surface area contributed by atoms with E-state index < -0.39 is 0 Å². The molecule has 1 atom stereocenters. The number of hydrogen-bond donors (Lipinski definition) is 1. The summed E-state index contributed by atoms with van der Waals surface area (Å²) in [5.74, 6) is 1.15. The summed E-state index contributed by atoms with van der Waals surface area (Å²) in [5.41, 5.74) is 0. The van der Waals surface area contributed by atoms with Crippen LogP contribution < -0.4 is 0 Å². The molecule has 0 aromatic carbocycles. The second-order valence-corrected chi connectivity index (χ2v) is 3.09. The normalized spacial score (nSPS) is 23.0. The van der Waals surface area contributed by atoms with Gasteiger partial charge in [0, 0.05) is 10.7 Å². The van der Waals surface area contributed by atoms with Crippen molar-refractivity contribution in [2.24, 2.45) is 0 Å². The van der Waals surface area contributed by atoms with E-state index in [9.17, 15) is 0 Å². The molecule has 0 saturated carbocycles. The first-order chi connectivity index (χ1) is 3.80. The lowest BCUT2D eigenvalue weighted by atomic mass is 10.3. The van der Waals surface area contributed by atoms with Crippen LogP contribution in [0.3, 0.4) is 0 Å². The number of hydrogen-bond acceptors (Lipinski definition) is 2. The molecule has 0 spiro atoms. The van der Waals surface area contributed by atoms with E-state index in [1.165, 1.54) is 0 Å². The molecule has 1 aliphatic rings. The van der Waals surface area contributed by atoms with Crippen molar-refractivity contribution in [1.29, 1.82) is 0 Å². The first kappa shape index (κ1) is 6.17. The van der Waals surface area contributed by atoms with Gasteiger partial charge in [-0.1, -0.05) is 6.08 Å². The largest absolute Gasteiger partial charge is 0.388 e. The maximum absolute atomic E-state index is 8.96. The highest BCUT2D eigenvalue weighted by molar-refractivity contribution is 8.03. The average molecular weight is 130 g/mol. The van der Waals surface area contributed by atoms with Crippen LogP contribution in [0.4, 0.5) is 0 Å². The lowest BCUT2D eigenvalue weighted by Gasteiger charge is -2.01. The Labute approximate surface area is 53.8 Å². The Morgan fingerprint density at radius 3 is 2.88 bits per heavy atom. The van der Waals surface area contributed by atoms with Crippen molar-refractivity contribution in [2.75, 3.05) is 5.75 Å². The highest BCUT2D eigenvalue weighted by atomic mass is 32.2. The molecule has 0 aliphatic carbocycles. The van der Waals surface area contributed by atoms with E-state index in [2.05, 4.69) is 6.08 Å². The van der Waals surface area contributed by atoms with E-state index in [-0.39, 0.29) is 6.10 Å². The van der Waals surface area contributed by atoms with E-state index in [4.69, 9.17) is 5.11 Å². The summed E-state index contributed by atoms with van der Waals surface area (Å²) in [6, 6.07) is 0. The molecule has 8 heavy (non-hydrogen) atoms. The Balaban J connectivity index is 2.45. The van der Waals surface area contributed by atoms with Crippen LogP contribution >= 0.6 is 11.8 Å². The topological polar surface area (TPSA) is 20.2 Å². The van der Waals surface area contributed by atoms with E-state index in [0.717, 1.165) is 17.1 Å². The average Bonchev–Trinajstić information content (AvgIpc) is 2.12. The van der Waals surface area contributed by atoms with Gasteiger partial charge in [-0.15, -0.1) is 11.8 Å². The van der Waals surface area contributed by atoms with Crippen LogP contribution in [0.1, 0.15) is 13.3 Å². The van der Waals surface area contributed by atoms with E-state index in [1.807, 2.05) is 6.92 Å². The molecule has 0 aromatic heterocycles. The summed E-state index contributed by atoms with van der Waals surface area (Å²) in [5, 5.41) is 8.96. The third kappa shape index (κ3) is 1.26. The van der Waals surface area contributed by atoms with Crippen molar-refractivity contribution in [1.82, 2.24) is 0 Å². The summed E-state index contributed by atoms with van der Waals surface area (Å²) in [6.07, 6.45) is 3.00. The van der Waals surface area contributed by atoms with Crippen LogP contribution in [0.25, 0.3) is 0 Å². The zero-order valence-corrected chi connectivity index (χ0v) is 5.74. The lowest BCUT2D eigenvalue weighted by Crippen LogP contribution is -1.98. The molecular weight excluding hydrogens is 120 g/mol. The predicted octanol–water partition coefficient (Wildman–Crippen LogP) is 1.39. The Hall–Kier alpha value is 0.0500. The van der Waals surface area contributed by atoms with E-state index in [0.29, 0.717) is 0 Å². The third-order valence-corrected chi connectivity index (χ3v) is 2.42. The second kappa shape index (κ2) is 2.55. The van der Waals surface area contributed by atoms with Gasteiger partial charge in [0.15, 0.2) is 0 Å². The van der Waals surface area contributed by atoms with Gasteiger partial charge in [0.2, 0.25) is 0 Å². The molecule has 0 fully saturated rings. The number of aliphatic hydroxyl groups is 1. The summed E-state index contributed by atoms with van der Waals surface area (Å²) in [6.45, 7) is 1.81. The van der Waals surface area contributed by atoms with Crippen molar-refractivity contribution in [2.45, 2.75) is 19.4 Å². The first-order valence-corrected chi connectivity index (χ1v) is 3.80. The molecule has 0 saturated heterocycles. The number of allylic oxidation sites excluding steroid dienone is 1. The molecule has 1 heterocycles. The molecule has 1 nitrogen and oxygen atoms in total. The van der Waals surface area contributed by atoms with E-state index in [1.54, 1.807) is 11.8 Å². The second-order valence-electron chi connectivity index (χ2n) is 1.92. The summed E-state index contributed by atoms with van der Waals surface area (Å²) < 4.78 is 0. The minimum Gasteiger partial charge on any atom is -0.388 e. The Morgan fingerprint density at radius 1 is 1.88 bits per heavy atom. The van der Waals surface area contributed by atoms with Gasteiger partial charge >= 0.3 is 0 Å². The van der Waals surface area contributed by atoms with Crippen molar-refractivity contribution in [3.8, 4) is 0 Å². The summed E-state index contributed by atoms with van der Waals surface area (Å²) in [7, 11) is 0. The monoisotopic (exact) mass is 130 g/mol.